The number of anilines is 2. The topological polar surface area (TPSA) is 73.9 Å². The van der Waals surface area contributed by atoms with E-state index < -0.39 is 11.4 Å². The van der Waals surface area contributed by atoms with E-state index in [-0.39, 0.29) is 11.0 Å². The van der Waals surface area contributed by atoms with Crippen LogP contribution in [0.3, 0.4) is 0 Å². The Morgan fingerprint density at radius 3 is 2.22 bits per heavy atom. The average molecular weight is 571 g/mol. The number of nitrogens with zero attached hydrogens (tertiary/aromatic N) is 2. The summed E-state index contributed by atoms with van der Waals surface area (Å²) in [6, 6.07) is 26.0. The van der Waals surface area contributed by atoms with Gasteiger partial charge >= 0.3 is 5.97 Å². The van der Waals surface area contributed by atoms with Crippen molar-refractivity contribution >= 4 is 40.6 Å². The number of thiocarbonyl (C=S) groups is 1. The van der Waals surface area contributed by atoms with Crippen LogP contribution < -0.4 is 15.5 Å². The molecule has 2 N–H and O–H groups in total. The lowest BCUT2D eigenvalue weighted by molar-refractivity contribution is -0.125. The molecule has 2 fully saturated rings. The second-order valence-corrected chi connectivity index (χ2v) is 11.2. The molecule has 8 heteroatoms. The van der Waals surface area contributed by atoms with Crippen LogP contribution in [0, 0.1) is 0 Å². The SMILES string of the molecule is CCOC(=O)c1ccc(N2CCN(Cc3ccccc3)CC2)c(NC(=S)NC(=O)C2(c3ccccc3)CCCC2)c1. The lowest BCUT2D eigenvalue weighted by atomic mass is 9.78. The van der Waals surface area contributed by atoms with Gasteiger partial charge in [0.2, 0.25) is 5.91 Å². The fourth-order valence-electron chi connectivity index (χ4n) is 6.00. The minimum absolute atomic E-state index is 0.0867. The van der Waals surface area contributed by atoms with Crippen LogP contribution in [0.5, 0.6) is 0 Å². The van der Waals surface area contributed by atoms with Gasteiger partial charge in [0.05, 0.1) is 29.0 Å². The summed E-state index contributed by atoms with van der Waals surface area (Å²) in [6.45, 7) is 6.48. The van der Waals surface area contributed by atoms with Crippen molar-refractivity contribution in [2.24, 2.45) is 0 Å². The minimum atomic E-state index is -0.586. The molecule has 0 spiro atoms. The van der Waals surface area contributed by atoms with Crippen LogP contribution in [-0.4, -0.2) is 54.7 Å². The maximum absolute atomic E-state index is 13.7. The molecule has 1 aliphatic carbocycles. The van der Waals surface area contributed by atoms with Gasteiger partial charge in [-0.1, -0.05) is 73.5 Å². The van der Waals surface area contributed by atoms with E-state index >= 15 is 0 Å². The molecule has 0 radical (unpaired) electrons. The van der Waals surface area contributed by atoms with Gasteiger partial charge in [-0.2, -0.15) is 0 Å². The quantitative estimate of drug-likeness (QED) is 0.273. The summed E-state index contributed by atoms with van der Waals surface area (Å²) >= 11 is 5.67. The van der Waals surface area contributed by atoms with Crippen LogP contribution in [0.1, 0.15) is 54.1 Å². The molecule has 1 aliphatic heterocycles. The van der Waals surface area contributed by atoms with Crippen LogP contribution in [0.4, 0.5) is 11.4 Å². The molecule has 2 aliphatic rings. The van der Waals surface area contributed by atoms with E-state index in [1.54, 1.807) is 19.1 Å². The standard InChI is InChI=1S/C33H38N4O3S/c1-2-40-30(38)26-15-16-29(37-21-19-36(20-22-37)24-25-11-5-3-6-12-25)28(23-26)34-32(41)35-31(39)33(17-9-10-18-33)27-13-7-4-8-14-27/h3-8,11-16,23H,2,9-10,17-22,24H2,1H3,(H2,34,35,39,41). The first-order valence-corrected chi connectivity index (χ1v) is 14.9. The maximum atomic E-state index is 13.7. The number of esters is 1. The number of ether oxygens (including phenoxy) is 1. The summed E-state index contributed by atoms with van der Waals surface area (Å²) in [4.78, 5) is 31.0. The van der Waals surface area contributed by atoms with E-state index in [0.29, 0.717) is 17.9 Å². The van der Waals surface area contributed by atoms with E-state index in [1.165, 1.54) is 5.56 Å². The number of nitrogens with one attached hydrogen (secondary N) is 2. The zero-order valence-electron chi connectivity index (χ0n) is 23.6. The molecular formula is C33H38N4O3S. The molecule has 7 nitrogen and oxygen atoms in total. The molecule has 0 atom stereocenters. The third-order valence-electron chi connectivity index (χ3n) is 8.16. The highest BCUT2D eigenvalue weighted by Gasteiger charge is 2.43. The Morgan fingerprint density at radius 2 is 1.56 bits per heavy atom. The number of carbonyl (C=O) groups excluding carboxylic acids is 2. The van der Waals surface area contributed by atoms with E-state index in [9.17, 15) is 9.59 Å². The van der Waals surface area contributed by atoms with Gasteiger partial charge in [-0.3, -0.25) is 9.69 Å². The maximum Gasteiger partial charge on any atom is 0.338 e. The number of amides is 1. The number of carbonyl (C=O) groups is 2. The van der Waals surface area contributed by atoms with E-state index in [1.807, 2.05) is 42.5 Å². The zero-order valence-corrected chi connectivity index (χ0v) is 24.4. The Kier molecular flexibility index (Phi) is 9.31. The van der Waals surface area contributed by atoms with Gasteiger partial charge in [0, 0.05) is 32.7 Å². The molecule has 0 bridgehead atoms. The number of benzene rings is 3. The Balaban J connectivity index is 1.31. The minimum Gasteiger partial charge on any atom is -0.462 e. The first-order valence-electron chi connectivity index (χ1n) is 14.5. The highest BCUT2D eigenvalue weighted by atomic mass is 32.1. The zero-order chi connectivity index (χ0) is 28.7. The van der Waals surface area contributed by atoms with Crippen molar-refractivity contribution < 1.29 is 14.3 Å². The highest BCUT2D eigenvalue weighted by molar-refractivity contribution is 7.80. The van der Waals surface area contributed by atoms with Crippen molar-refractivity contribution in [2.45, 2.75) is 44.6 Å². The lowest BCUT2D eigenvalue weighted by Crippen LogP contribution is -2.47. The average Bonchev–Trinajstić information content (AvgIpc) is 3.50. The first kappa shape index (κ1) is 28.8. The molecule has 0 unspecified atom stereocenters. The molecule has 1 heterocycles. The number of piperazine rings is 1. The lowest BCUT2D eigenvalue weighted by Gasteiger charge is -2.37. The molecule has 1 saturated heterocycles. The molecule has 5 rings (SSSR count). The fraction of sp³-hybridized carbons (Fsp3) is 0.364. The summed E-state index contributed by atoms with van der Waals surface area (Å²) in [5.74, 6) is -0.477. The van der Waals surface area contributed by atoms with Crippen molar-refractivity contribution in [2.75, 3.05) is 43.0 Å². The van der Waals surface area contributed by atoms with Crippen LogP contribution in [0.25, 0.3) is 0 Å². The summed E-state index contributed by atoms with van der Waals surface area (Å²) < 4.78 is 5.25. The largest absolute Gasteiger partial charge is 0.462 e. The predicted molar refractivity (Wildman–Crippen MR) is 167 cm³/mol. The van der Waals surface area contributed by atoms with Crippen LogP contribution in [0.15, 0.2) is 78.9 Å². The van der Waals surface area contributed by atoms with Gasteiger partial charge in [0.15, 0.2) is 5.11 Å². The monoisotopic (exact) mass is 570 g/mol. The molecule has 0 aromatic heterocycles. The van der Waals surface area contributed by atoms with Crippen molar-refractivity contribution in [3.8, 4) is 0 Å². The van der Waals surface area contributed by atoms with E-state index in [2.05, 4.69) is 44.7 Å². The second-order valence-electron chi connectivity index (χ2n) is 10.8. The normalized spacial score (nSPS) is 16.7. The first-order chi connectivity index (χ1) is 20.0. The summed E-state index contributed by atoms with van der Waals surface area (Å²) in [7, 11) is 0. The van der Waals surface area contributed by atoms with Gasteiger partial charge in [-0.15, -0.1) is 0 Å². The van der Waals surface area contributed by atoms with Gasteiger partial charge in [-0.05, 0) is 61.3 Å². The van der Waals surface area contributed by atoms with Crippen molar-refractivity contribution in [1.29, 1.82) is 0 Å². The number of rotatable bonds is 8. The van der Waals surface area contributed by atoms with Crippen molar-refractivity contribution in [1.82, 2.24) is 10.2 Å². The summed E-state index contributed by atoms with van der Waals surface area (Å²) in [5, 5.41) is 6.47. The fourth-order valence-corrected chi connectivity index (χ4v) is 6.20. The predicted octanol–water partition coefficient (Wildman–Crippen LogP) is 5.51. The molecule has 214 valence electrons. The molecular weight excluding hydrogens is 532 g/mol. The van der Waals surface area contributed by atoms with Gasteiger partial charge in [-0.25, -0.2) is 4.79 Å². The summed E-state index contributed by atoms with van der Waals surface area (Å²) in [6.07, 6.45) is 3.60. The number of hydrogen-bond acceptors (Lipinski definition) is 6. The van der Waals surface area contributed by atoms with Gasteiger partial charge in [0.25, 0.3) is 0 Å². The van der Waals surface area contributed by atoms with Crippen LogP contribution >= 0.6 is 12.2 Å². The van der Waals surface area contributed by atoms with Gasteiger partial charge in [0.1, 0.15) is 0 Å². The Bertz CT molecular complexity index is 1350. The third-order valence-corrected chi connectivity index (χ3v) is 8.37. The van der Waals surface area contributed by atoms with Crippen LogP contribution in [-0.2, 0) is 21.5 Å². The second kappa shape index (κ2) is 13.3. The Morgan fingerprint density at radius 1 is 0.902 bits per heavy atom. The van der Waals surface area contributed by atoms with E-state index in [4.69, 9.17) is 17.0 Å². The smallest absolute Gasteiger partial charge is 0.338 e. The molecule has 1 saturated carbocycles. The molecule has 3 aromatic rings. The van der Waals surface area contributed by atoms with Crippen molar-refractivity contribution in [3.05, 3.63) is 95.6 Å². The van der Waals surface area contributed by atoms with E-state index in [0.717, 1.165) is 69.7 Å². The molecule has 1 amide bonds. The highest BCUT2D eigenvalue weighted by Crippen LogP contribution is 2.41. The molecule has 41 heavy (non-hydrogen) atoms. The van der Waals surface area contributed by atoms with Crippen LogP contribution in [0.2, 0.25) is 0 Å². The third kappa shape index (κ3) is 6.77. The van der Waals surface area contributed by atoms with Gasteiger partial charge < -0.3 is 20.3 Å². The Hall–Kier alpha value is -3.75. The Labute approximate surface area is 247 Å². The number of hydrogen-bond donors (Lipinski definition) is 2. The molecule has 3 aromatic carbocycles. The van der Waals surface area contributed by atoms with Crippen molar-refractivity contribution in [3.63, 3.8) is 0 Å². The summed E-state index contributed by atoms with van der Waals surface area (Å²) in [5.41, 5.74) is 3.80.